The summed E-state index contributed by atoms with van der Waals surface area (Å²) in [4.78, 5) is 11.0. The molecule has 0 heterocycles. The van der Waals surface area contributed by atoms with Crippen LogP contribution in [-0.2, 0) is 9.53 Å². The first kappa shape index (κ1) is 10.8. The largest absolute Gasteiger partial charge is 0.456 e. The van der Waals surface area contributed by atoms with Gasteiger partial charge in [-0.15, -0.1) is 0 Å². The van der Waals surface area contributed by atoms with E-state index >= 15 is 0 Å². The minimum absolute atomic E-state index is 0.394. The van der Waals surface area contributed by atoms with E-state index in [0.29, 0.717) is 6.61 Å². The highest BCUT2D eigenvalue weighted by Crippen LogP contribution is 2.23. The molecule has 0 spiro atoms. The fourth-order valence-electron chi connectivity index (χ4n) is 1.52. The average Bonchev–Trinajstić information content (AvgIpc) is 2.17. The van der Waals surface area contributed by atoms with E-state index in [1.54, 1.807) is 6.92 Å². The number of ether oxygens (including phenoxy) is 1. The zero-order valence-corrected chi connectivity index (χ0v) is 8.85. The molecule has 0 bridgehead atoms. The fourth-order valence-corrected chi connectivity index (χ4v) is 1.52. The molecule has 2 heteroatoms. The van der Waals surface area contributed by atoms with Crippen molar-refractivity contribution >= 4 is 5.97 Å². The van der Waals surface area contributed by atoms with Crippen molar-refractivity contribution in [2.45, 2.75) is 39.5 Å². The molecule has 1 aliphatic rings. The maximum Gasteiger partial charge on any atom is 0.384 e. The van der Waals surface area contributed by atoms with Gasteiger partial charge in [0.05, 0.1) is 6.61 Å². The van der Waals surface area contributed by atoms with Crippen molar-refractivity contribution in [2.75, 3.05) is 6.61 Å². The maximum atomic E-state index is 11.0. The Morgan fingerprint density at radius 1 is 1.43 bits per heavy atom. The molecular weight excluding hydrogens is 176 g/mol. The van der Waals surface area contributed by atoms with Gasteiger partial charge in [0.25, 0.3) is 0 Å². The third-order valence-electron chi connectivity index (χ3n) is 2.33. The van der Waals surface area contributed by atoms with Gasteiger partial charge in [0.15, 0.2) is 0 Å². The van der Waals surface area contributed by atoms with Crippen LogP contribution in [0.4, 0.5) is 0 Å². The molecule has 2 nitrogen and oxygen atoms in total. The molecule has 0 N–H and O–H groups in total. The first-order chi connectivity index (χ1) is 6.74. The second-order valence-corrected chi connectivity index (χ2v) is 3.44. The summed E-state index contributed by atoms with van der Waals surface area (Å²) in [5.74, 6) is 5.01. The van der Waals surface area contributed by atoms with Crippen LogP contribution in [-0.4, -0.2) is 12.6 Å². The van der Waals surface area contributed by atoms with E-state index in [9.17, 15) is 4.79 Å². The number of allylic oxidation sites excluding steroid dienone is 2. The highest BCUT2D eigenvalue weighted by atomic mass is 16.5. The van der Waals surface area contributed by atoms with Gasteiger partial charge in [-0.1, -0.05) is 11.5 Å². The molecule has 0 fully saturated rings. The highest BCUT2D eigenvalue weighted by Gasteiger charge is 2.06. The van der Waals surface area contributed by atoms with Crippen molar-refractivity contribution in [3.8, 4) is 11.8 Å². The van der Waals surface area contributed by atoms with Gasteiger partial charge in [-0.05, 0) is 39.5 Å². The molecule has 0 aromatic rings. The second kappa shape index (κ2) is 5.49. The molecule has 0 aromatic heterocycles. The first-order valence-corrected chi connectivity index (χ1v) is 5.11. The van der Waals surface area contributed by atoms with Crippen LogP contribution < -0.4 is 0 Å². The lowest BCUT2D eigenvalue weighted by Crippen LogP contribution is -2.01. The normalized spacial score (nSPS) is 15.9. The maximum absolute atomic E-state index is 11.0. The zero-order chi connectivity index (χ0) is 10.4. The molecule has 0 radical (unpaired) electrons. The van der Waals surface area contributed by atoms with E-state index < -0.39 is 5.97 Å². The molecular formula is C12H16O2. The SMILES string of the molecule is CCOC(=O)C#CC1=C(C)CCCC1. The molecule has 76 valence electrons. The van der Waals surface area contributed by atoms with Crippen molar-refractivity contribution in [3.63, 3.8) is 0 Å². The van der Waals surface area contributed by atoms with E-state index in [1.165, 1.54) is 18.4 Å². The van der Waals surface area contributed by atoms with E-state index in [2.05, 4.69) is 18.8 Å². The Bertz CT molecular complexity index is 302. The predicted octanol–water partition coefficient (Wildman–Crippen LogP) is 2.44. The van der Waals surface area contributed by atoms with E-state index in [-0.39, 0.29) is 0 Å². The summed E-state index contributed by atoms with van der Waals surface area (Å²) in [5.41, 5.74) is 2.46. The molecule has 14 heavy (non-hydrogen) atoms. The van der Waals surface area contributed by atoms with Crippen LogP contribution in [0.1, 0.15) is 39.5 Å². The molecule has 0 atom stereocenters. The Hall–Kier alpha value is -1.23. The minimum atomic E-state index is -0.418. The topological polar surface area (TPSA) is 26.3 Å². The lowest BCUT2D eigenvalue weighted by atomic mass is 9.93. The lowest BCUT2D eigenvalue weighted by molar-refractivity contribution is -0.136. The number of carbonyl (C=O) groups is 1. The molecule has 0 saturated carbocycles. The van der Waals surface area contributed by atoms with Crippen LogP contribution in [0, 0.1) is 11.8 Å². The predicted molar refractivity (Wildman–Crippen MR) is 55.6 cm³/mol. The smallest absolute Gasteiger partial charge is 0.384 e. The van der Waals surface area contributed by atoms with Gasteiger partial charge in [0.1, 0.15) is 0 Å². The Labute approximate surface area is 85.3 Å². The number of esters is 1. The number of carbonyl (C=O) groups excluding carboxylic acids is 1. The monoisotopic (exact) mass is 192 g/mol. The van der Waals surface area contributed by atoms with Gasteiger partial charge in [0, 0.05) is 11.5 Å². The Morgan fingerprint density at radius 2 is 2.14 bits per heavy atom. The Morgan fingerprint density at radius 3 is 2.79 bits per heavy atom. The van der Waals surface area contributed by atoms with Gasteiger partial charge in [0.2, 0.25) is 0 Å². The fraction of sp³-hybridized carbons (Fsp3) is 0.583. The van der Waals surface area contributed by atoms with Gasteiger partial charge < -0.3 is 4.74 Å². The highest BCUT2D eigenvalue weighted by molar-refractivity contribution is 5.89. The van der Waals surface area contributed by atoms with Crippen LogP contribution in [0.5, 0.6) is 0 Å². The van der Waals surface area contributed by atoms with Crippen molar-refractivity contribution in [1.82, 2.24) is 0 Å². The van der Waals surface area contributed by atoms with Gasteiger partial charge in [-0.3, -0.25) is 0 Å². The van der Waals surface area contributed by atoms with Gasteiger partial charge in [-0.2, -0.15) is 0 Å². The molecule has 0 aromatic carbocycles. The van der Waals surface area contributed by atoms with Crippen LogP contribution in [0.2, 0.25) is 0 Å². The van der Waals surface area contributed by atoms with Crippen LogP contribution >= 0.6 is 0 Å². The third-order valence-corrected chi connectivity index (χ3v) is 2.33. The first-order valence-electron chi connectivity index (χ1n) is 5.11. The molecule has 1 rings (SSSR count). The summed E-state index contributed by atoms with van der Waals surface area (Å²) in [7, 11) is 0. The van der Waals surface area contributed by atoms with E-state index in [1.807, 2.05) is 0 Å². The number of hydrogen-bond donors (Lipinski definition) is 0. The number of hydrogen-bond acceptors (Lipinski definition) is 2. The van der Waals surface area contributed by atoms with Crippen molar-refractivity contribution in [1.29, 1.82) is 0 Å². The molecule has 0 amide bonds. The molecule has 0 saturated heterocycles. The summed E-state index contributed by atoms with van der Waals surface area (Å²) in [6.45, 7) is 4.27. The number of rotatable bonds is 1. The summed E-state index contributed by atoms with van der Waals surface area (Å²) in [5, 5.41) is 0. The Kier molecular flexibility index (Phi) is 4.25. The van der Waals surface area contributed by atoms with Gasteiger partial charge in [-0.25, -0.2) is 4.79 Å². The van der Waals surface area contributed by atoms with Gasteiger partial charge >= 0.3 is 5.97 Å². The second-order valence-electron chi connectivity index (χ2n) is 3.44. The van der Waals surface area contributed by atoms with Crippen LogP contribution in [0.15, 0.2) is 11.1 Å². The van der Waals surface area contributed by atoms with Crippen molar-refractivity contribution < 1.29 is 9.53 Å². The van der Waals surface area contributed by atoms with E-state index in [4.69, 9.17) is 4.74 Å². The lowest BCUT2D eigenvalue weighted by Gasteiger charge is -2.12. The molecule has 1 aliphatic carbocycles. The summed E-state index contributed by atoms with van der Waals surface area (Å²) in [6.07, 6.45) is 4.56. The Balaban J connectivity index is 2.61. The minimum Gasteiger partial charge on any atom is -0.456 e. The quantitative estimate of drug-likeness (QED) is 0.362. The average molecular weight is 192 g/mol. The van der Waals surface area contributed by atoms with Crippen LogP contribution in [0.3, 0.4) is 0 Å². The standard InChI is InChI=1S/C12H16O2/c1-3-14-12(13)9-8-11-7-5-4-6-10(11)2/h3-7H2,1-2H3. The van der Waals surface area contributed by atoms with Crippen molar-refractivity contribution in [3.05, 3.63) is 11.1 Å². The molecule has 0 unspecified atom stereocenters. The summed E-state index contributed by atoms with van der Waals surface area (Å²) >= 11 is 0. The van der Waals surface area contributed by atoms with Crippen LogP contribution in [0.25, 0.3) is 0 Å². The summed E-state index contributed by atoms with van der Waals surface area (Å²) in [6, 6.07) is 0. The summed E-state index contributed by atoms with van der Waals surface area (Å²) < 4.78 is 4.73. The third kappa shape index (κ3) is 3.26. The molecule has 0 aliphatic heterocycles. The zero-order valence-electron chi connectivity index (χ0n) is 8.85. The van der Waals surface area contributed by atoms with Crippen molar-refractivity contribution in [2.24, 2.45) is 0 Å². The van der Waals surface area contributed by atoms with E-state index in [0.717, 1.165) is 18.4 Å².